The van der Waals surface area contributed by atoms with Crippen molar-refractivity contribution in [3.8, 4) is 11.4 Å². The second-order valence-corrected chi connectivity index (χ2v) is 7.81. The predicted molar refractivity (Wildman–Crippen MR) is 114 cm³/mol. The molecule has 1 saturated carbocycles. The fourth-order valence-corrected chi connectivity index (χ4v) is 3.81. The van der Waals surface area contributed by atoms with Gasteiger partial charge in [0.1, 0.15) is 11.6 Å². The number of ether oxygens (including phenoxy) is 1. The molecule has 0 unspecified atom stereocenters. The van der Waals surface area contributed by atoms with E-state index in [4.69, 9.17) is 4.74 Å². The van der Waals surface area contributed by atoms with E-state index in [-0.39, 0.29) is 23.5 Å². The van der Waals surface area contributed by atoms with Crippen LogP contribution in [0.5, 0.6) is 5.75 Å². The second kappa shape index (κ2) is 7.54. The summed E-state index contributed by atoms with van der Waals surface area (Å²) in [5, 5.41) is 0. The summed E-state index contributed by atoms with van der Waals surface area (Å²) in [5.74, 6) is 0.552. The van der Waals surface area contributed by atoms with Gasteiger partial charge in [0.15, 0.2) is 11.2 Å². The SMILES string of the molecule is COc1cccc(-n2c(=O)n(CC3CC3)c(=O)c3c2ncn3Cc2ccccc2F)c1. The molecular formula is C23H21FN4O3. The van der Waals surface area contributed by atoms with Gasteiger partial charge in [-0.15, -0.1) is 0 Å². The molecule has 0 radical (unpaired) electrons. The molecule has 1 aliphatic rings. The van der Waals surface area contributed by atoms with Crippen LogP contribution in [0.25, 0.3) is 16.9 Å². The fraction of sp³-hybridized carbons (Fsp3) is 0.261. The molecule has 1 fully saturated rings. The maximum absolute atomic E-state index is 14.2. The number of halogens is 1. The third-order valence-corrected chi connectivity index (χ3v) is 5.65. The van der Waals surface area contributed by atoms with Crippen molar-refractivity contribution in [1.82, 2.24) is 18.7 Å². The number of benzene rings is 2. The van der Waals surface area contributed by atoms with Gasteiger partial charge in [0.25, 0.3) is 5.56 Å². The number of aromatic nitrogens is 4. The molecule has 31 heavy (non-hydrogen) atoms. The quantitative estimate of drug-likeness (QED) is 0.481. The molecular weight excluding hydrogens is 399 g/mol. The maximum atomic E-state index is 14.2. The van der Waals surface area contributed by atoms with Gasteiger partial charge in [0.05, 0.1) is 25.7 Å². The van der Waals surface area contributed by atoms with E-state index >= 15 is 0 Å². The van der Waals surface area contributed by atoms with Crippen molar-refractivity contribution < 1.29 is 9.13 Å². The van der Waals surface area contributed by atoms with Gasteiger partial charge in [-0.2, -0.15) is 0 Å². The molecule has 5 rings (SSSR count). The first-order valence-electron chi connectivity index (χ1n) is 10.2. The summed E-state index contributed by atoms with van der Waals surface area (Å²) in [6.07, 6.45) is 3.48. The summed E-state index contributed by atoms with van der Waals surface area (Å²) >= 11 is 0. The molecule has 0 N–H and O–H groups in total. The number of hydrogen-bond acceptors (Lipinski definition) is 4. The van der Waals surface area contributed by atoms with E-state index in [0.29, 0.717) is 29.5 Å². The van der Waals surface area contributed by atoms with Crippen molar-refractivity contribution in [2.24, 2.45) is 5.92 Å². The van der Waals surface area contributed by atoms with Crippen LogP contribution in [0.3, 0.4) is 0 Å². The van der Waals surface area contributed by atoms with Gasteiger partial charge < -0.3 is 9.30 Å². The first-order valence-corrected chi connectivity index (χ1v) is 10.2. The molecule has 158 valence electrons. The van der Waals surface area contributed by atoms with Crippen LogP contribution in [0.1, 0.15) is 18.4 Å². The number of methoxy groups -OCH3 is 1. The molecule has 1 aliphatic carbocycles. The van der Waals surface area contributed by atoms with E-state index in [1.165, 1.54) is 21.5 Å². The standard InChI is InChI=1S/C23H21FN4O3/c1-31-18-7-4-6-17(11-18)28-21-20(22(29)27(23(28)30)12-15-9-10-15)26(14-25-21)13-16-5-2-3-8-19(16)24/h2-8,11,14-15H,9-10,12-13H2,1H3. The zero-order valence-electron chi connectivity index (χ0n) is 17.0. The van der Waals surface area contributed by atoms with E-state index < -0.39 is 11.2 Å². The van der Waals surface area contributed by atoms with Crippen LogP contribution in [0, 0.1) is 11.7 Å². The van der Waals surface area contributed by atoms with Gasteiger partial charge in [-0.25, -0.2) is 18.7 Å². The minimum Gasteiger partial charge on any atom is -0.497 e. The Morgan fingerprint density at radius 2 is 1.94 bits per heavy atom. The number of hydrogen-bond donors (Lipinski definition) is 0. The van der Waals surface area contributed by atoms with Crippen molar-refractivity contribution in [2.45, 2.75) is 25.9 Å². The average Bonchev–Trinajstić information content (AvgIpc) is 3.51. The highest BCUT2D eigenvalue weighted by Crippen LogP contribution is 2.30. The molecule has 8 heteroatoms. The lowest BCUT2D eigenvalue weighted by molar-refractivity contribution is 0.414. The summed E-state index contributed by atoms with van der Waals surface area (Å²) in [7, 11) is 1.55. The van der Waals surface area contributed by atoms with Crippen LogP contribution in [-0.2, 0) is 13.1 Å². The van der Waals surface area contributed by atoms with Crippen LogP contribution < -0.4 is 16.0 Å². The van der Waals surface area contributed by atoms with Gasteiger partial charge >= 0.3 is 5.69 Å². The smallest absolute Gasteiger partial charge is 0.337 e. The van der Waals surface area contributed by atoms with Crippen LogP contribution in [0.2, 0.25) is 0 Å². The van der Waals surface area contributed by atoms with E-state index in [1.54, 1.807) is 54.1 Å². The molecule has 2 heterocycles. The molecule has 0 atom stereocenters. The number of nitrogens with zero attached hydrogens (tertiary/aromatic N) is 4. The van der Waals surface area contributed by atoms with E-state index in [9.17, 15) is 14.0 Å². The molecule has 2 aromatic carbocycles. The highest BCUT2D eigenvalue weighted by Gasteiger charge is 2.26. The lowest BCUT2D eigenvalue weighted by Crippen LogP contribution is -2.40. The lowest BCUT2D eigenvalue weighted by Gasteiger charge is -2.13. The van der Waals surface area contributed by atoms with Crippen molar-refractivity contribution in [2.75, 3.05) is 7.11 Å². The zero-order chi connectivity index (χ0) is 21.5. The largest absolute Gasteiger partial charge is 0.497 e. The second-order valence-electron chi connectivity index (χ2n) is 7.81. The molecule has 0 spiro atoms. The molecule has 2 aromatic heterocycles. The highest BCUT2D eigenvalue weighted by molar-refractivity contribution is 5.72. The van der Waals surface area contributed by atoms with Crippen molar-refractivity contribution in [1.29, 1.82) is 0 Å². The lowest BCUT2D eigenvalue weighted by atomic mass is 10.2. The number of rotatable bonds is 6. The Labute approximate surface area is 177 Å². The van der Waals surface area contributed by atoms with Gasteiger partial charge in [0, 0.05) is 18.2 Å². The summed E-state index contributed by atoms with van der Waals surface area (Å²) < 4.78 is 23.9. The van der Waals surface area contributed by atoms with Crippen molar-refractivity contribution >= 4 is 11.2 Å². The Kier molecular flexibility index (Phi) is 4.69. The van der Waals surface area contributed by atoms with Gasteiger partial charge in [0.2, 0.25) is 0 Å². The van der Waals surface area contributed by atoms with Crippen LogP contribution in [0.4, 0.5) is 4.39 Å². The Morgan fingerprint density at radius 3 is 2.68 bits per heavy atom. The molecule has 0 saturated heterocycles. The predicted octanol–water partition coefficient (Wildman–Crippen LogP) is 2.95. The van der Waals surface area contributed by atoms with Gasteiger partial charge in [-0.1, -0.05) is 24.3 Å². The Balaban J connectivity index is 1.76. The van der Waals surface area contributed by atoms with Crippen molar-refractivity contribution in [3.63, 3.8) is 0 Å². The topological polar surface area (TPSA) is 71.1 Å². The minimum atomic E-state index is -0.436. The number of fused-ring (bicyclic) bond motifs is 1. The molecule has 7 nitrogen and oxygen atoms in total. The average molecular weight is 420 g/mol. The molecule has 0 amide bonds. The van der Waals surface area contributed by atoms with E-state index in [2.05, 4.69) is 4.98 Å². The third-order valence-electron chi connectivity index (χ3n) is 5.65. The minimum absolute atomic E-state index is 0.137. The Hall–Kier alpha value is -3.68. The number of imidazole rings is 1. The first-order chi connectivity index (χ1) is 15.1. The summed E-state index contributed by atoms with van der Waals surface area (Å²) in [6, 6.07) is 13.5. The third kappa shape index (κ3) is 3.43. The van der Waals surface area contributed by atoms with Gasteiger partial charge in [-0.05, 0) is 37.0 Å². The summed E-state index contributed by atoms with van der Waals surface area (Å²) in [6.45, 7) is 0.501. The molecule has 0 aliphatic heterocycles. The Bertz CT molecular complexity index is 1400. The maximum Gasteiger partial charge on any atom is 0.337 e. The fourth-order valence-electron chi connectivity index (χ4n) is 3.81. The normalized spacial score (nSPS) is 13.6. The zero-order valence-corrected chi connectivity index (χ0v) is 17.0. The van der Waals surface area contributed by atoms with Crippen LogP contribution >= 0.6 is 0 Å². The summed E-state index contributed by atoms with van der Waals surface area (Å²) in [5.41, 5.74) is 0.663. The van der Waals surface area contributed by atoms with Gasteiger partial charge in [-0.3, -0.25) is 9.36 Å². The van der Waals surface area contributed by atoms with Crippen molar-refractivity contribution in [3.05, 3.63) is 87.1 Å². The monoisotopic (exact) mass is 420 g/mol. The van der Waals surface area contributed by atoms with Crippen LogP contribution in [0.15, 0.2) is 64.4 Å². The molecule has 4 aromatic rings. The summed E-state index contributed by atoms with van der Waals surface area (Å²) in [4.78, 5) is 31.1. The van der Waals surface area contributed by atoms with E-state index in [1.807, 2.05) is 0 Å². The highest BCUT2D eigenvalue weighted by atomic mass is 19.1. The molecule has 0 bridgehead atoms. The van der Waals surface area contributed by atoms with E-state index in [0.717, 1.165) is 12.8 Å². The Morgan fingerprint density at radius 1 is 1.13 bits per heavy atom. The first kappa shape index (κ1) is 19.3. The van der Waals surface area contributed by atoms with Crippen LogP contribution in [-0.4, -0.2) is 25.8 Å².